The fraction of sp³-hybridized carbons (Fsp3) is 0.267. The van der Waals surface area contributed by atoms with Gasteiger partial charge in [0.1, 0.15) is 0 Å². The molecule has 2 aromatic carbocycles. The SMILES string of the molecule is Cc1cnc(CC(NCCCCNC(=O)c2nc3ccccc3[nH]2)c2nccc3ccccc23)c(C)c1. The summed E-state index contributed by atoms with van der Waals surface area (Å²) in [5, 5.41) is 9.04. The number of carbonyl (C=O) groups excluding carboxylic acids is 1. The second-order valence-electron chi connectivity index (χ2n) is 9.47. The Bertz CT molecular complexity index is 1490. The van der Waals surface area contributed by atoms with Crippen LogP contribution in [-0.4, -0.2) is 38.9 Å². The highest BCUT2D eigenvalue weighted by atomic mass is 16.2. The zero-order chi connectivity index (χ0) is 25.6. The van der Waals surface area contributed by atoms with Gasteiger partial charge in [-0.15, -0.1) is 0 Å². The van der Waals surface area contributed by atoms with Crippen molar-refractivity contribution in [3.8, 4) is 0 Å². The zero-order valence-electron chi connectivity index (χ0n) is 21.3. The molecule has 37 heavy (non-hydrogen) atoms. The van der Waals surface area contributed by atoms with Crippen LogP contribution in [0.3, 0.4) is 0 Å². The maximum absolute atomic E-state index is 12.5. The molecule has 3 N–H and O–H groups in total. The van der Waals surface area contributed by atoms with Gasteiger partial charge in [-0.3, -0.25) is 14.8 Å². The molecule has 0 aliphatic carbocycles. The van der Waals surface area contributed by atoms with E-state index in [9.17, 15) is 4.79 Å². The number of pyridine rings is 2. The van der Waals surface area contributed by atoms with Crippen molar-refractivity contribution < 1.29 is 4.79 Å². The van der Waals surface area contributed by atoms with Gasteiger partial charge in [0.15, 0.2) is 5.82 Å². The molecule has 0 saturated carbocycles. The predicted octanol–water partition coefficient (Wildman–Crippen LogP) is 5.21. The van der Waals surface area contributed by atoms with E-state index in [0.29, 0.717) is 12.4 Å². The number of carbonyl (C=O) groups is 1. The second kappa shape index (κ2) is 11.3. The van der Waals surface area contributed by atoms with Gasteiger partial charge >= 0.3 is 0 Å². The van der Waals surface area contributed by atoms with Crippen LogP contribution in [0.5, 0.6) is 0 Å². The number of fused-ring (bicyclic) bond motifs is 2. The molecular weight excluding hydrogens is 460 g/mol. The average Bonchev–Trinajstić information content (AvgIpc) is 3.35. The van der Waals surface area contributed by atoms with Crippen LogP contribution in [-0.2, 0) is 6.42 Å². The van der Waals surface area contributed by atoms with E-state index in [1.165, 1.54) is 16.5 Å². The first-order valence-corrected chi connectivity index (χ1v) is 12.8. The van der Waals surface area contributed by atoms with E-state index in [2.05, 4.69) is 70.8 Å². The van der Waals surface area contributed by atoms with Crippen LogP contribution >= 0.6 is 0 Å². The van der Waals surface area contributed by atoms with Crippen molar-refractivity contribution in [2.45, 2.75) is 39.2 Å². The molecule has 0 radical (unpaired) electrons. The number of hydrogen-bond acceptors (Lipinski definition) is 5. The monoisotopic (exact) mass is 492 g/mol. The first-order valence-electron chi connectivity index (χ1n) is 12.8. The number of H-pyrrole nitrogens is 1. The van der Waals surface area contributed by atoms with E-state index in [-0.39, 0.29) is 11.9 Å². The highest BCUT2D eigenvalue weighted by Gasteiger charge is 2.18. The fourth-order valence-electron chi connectivity index (χ4n) is 4.71. The molecule has 0 fully saturated rings. The number of aryl methyl sites for hydroxylation is 2. The Hall–Kier alpha value is -4.10. The second-order valence-corrected chi connectivity index (χ2v) is 9.47. The number of amides is 1. The summed E-state index contributed by atoms with van der Waals surface area (Å²) in [5.74, 6) is 0.172. The van der Waals surface area contributed by atoms with Crippen molar-refractivity contribution in [1.29, 1.82) is 0 Å². The van der Waals surface area contributed by atoms with Gasteiger partial charge < -0.3 is 15.6 Å². The van der Waals surface area contributed by atoms with Gasteiger partial charge in [0, 0.05) is 36.4 Å². The molecule has 0 aliphatic rings. The van der Waals surface area contributed by atoms with E-state index in [1.807, 2.05) is 36.7 Å². The maximum atomic E-state index is 12.5. The van der Waals surface area contributed by atoms with Gasteiger partial charge in [0.05, 0.1) is 22.8 Å². The summed E-state index contributed by atoms with van der Waals surface area (Å²) >= 11 is 0. The van der Waals surface area contributed by atoms with E-state index < -0.39 is 0 Å². The molecule has 5 aromatic rings. The van der Waals surface area contributed by atoms with E-state index in [0.717, 1.165) is 53.6 Å². The van der Waals surface area contributed by atoms with Crippen molar-refractivity contribution in [3.05, 3.63) is 101 Å². The lowest BCUT2D eigenvalue weighted by atomic mass is 9.98. The number of para-hydroxylation sites is 2. The van der Waals surface area contributed by atoms with Crippen LogP contribution in [0.4, 0.5) is 0 Å². The van der Waals surface area contributed by atoms with Gasteiger partial charge in [-0.2, -0.15) is 0 Å². The highest BCUT2D eigenvalue weighted by Crippen LogP contribution is 2.25. The molecule has 5 rings (SSSR count). The summed E-state index contributed by atoms with van der Waals surface area (Å²) in [4.78, 5) is 29.4. The Morgan fingerprint density at radius 1 is 0.973 bits per heavy atom. The molecule has 3 aromatic heterocycles. The topological polar surface area (TPSA) is 95.6 Å². The summed E-state index contributed by atoms with van der Waals surface area (Å²) in [5.41, 5.74) is 6.14. The molecule has 0 saturated heterocycles. The number of nitrogens with zero attached hydrogens (tertiary/aromatic N) is 3. The van der Waals surface area contributed by atoms with Crippen LogP contribution < -0.4 is 10.6 Å². The third kappa shape index (κ3) is 5.84. The Morgan fingerprint density at radius 2 is 1.78 bits per heavy atom. The largest absolute Gasteiger partial charge is 0.349 e. The van der Waals surface area contributed by atoms with Gasteiger partial charge in [0.2, 0.25) is 0 Å². The first-order chi connectivity index (χ1) is 18.1. The van der Waals surface area contributed by atoms with Gasteiger partial charge in [-0.05, 0) is 67.9 Å². The number of aromatic nitrogens is 4. The van der Waals surface area contributed by atoms with Crippen molar-refractivity contribution >= 4 is 27.7 Å². The minimum Gasteiger partial charge on any atom is -0.349 e. The number of benzene rings is 2. The van der Waals surface area contributed by atoms with E-state index >= 15 is 0 Å². The van der Waals surface area contributed by atoms with Crippen LogP contribution in [0.2, 0.25) is 0 Å². The van der Waals surface area contributed by atoms with Crippen molar-refractivity contribution in [1.82, 2.24) is 30.6 Å². The van der Waals surface area contributed by atoms with E-state index in [1.54, 1.807) is 0 Å². The Balaban J connectivity index is 1.20. The quantitative estimate of drug-likeness (QED) is 0.233. The third-order valence-corrected chi connectivity index (χ3v) is 6.64. The number of rotatable bonds is 10. The Labute approximate surface area is 216 Å². The molecule has 7 heteroatoms. The van der Waals surface area contributed by atoms with Gasteiger partial charge in [-0.1, -0.05) is 42.5 Å². The van der Waals surface area contributed by atoms with Crippen LogP contribution in [0, 0.1) is 13.8 Å². The number of hydrogen-bond donors (Lipinski definition) is 3. The van der Waals surface area contributed by atoms with Crippen molar-refractivity contribution in [2.24, 2.45) is 0 Å². The minimum absolute atomic E-state index is 0.0325. The van der Waals surface area contributed by atoms with Crippen molar-refractivity contribution in [2.75, 3.05) is 13.1 Å². The summed E-state index contributed by atoms with van der Waals surface area (Å²) in [6.45, 7) is 5.58. The smallest absolute Gasteiger partial charge is 0.287 e. The summed E-state index contributed by atoms with van der Waals surface area (Å²) in [6.07, 6.45) is 6.35. The molecule has 3 heterocycles. The van der Waals surface area contributed by atoms with E-state index in [4.69, 9.17) is 9.97 Å². The molecular formula is C30H32N6O. The molecule has 0 spiro atoms. The lowest BCUT2D eigenvalue weighted by Crippen LogP contribution is -2.28. The number of nitrogens with one attached hydrogen (secondary N) is 3. The number of aromatic amines is 1. The zero-order valence-corrected chi connectivity index (χ0v) is 21.3. The summed E-state index contributed by atoms with van der Waals surface area (Å²) in [6, 6.07) is 20.3. The molecule has 7 nitrogen and oxygen atoms in total. The van der Waals surface area contributed by atoms with Crippen molar-refractivity contribution in [3.63, 3.8) is 0 Å². The molecule has 0 aliphatic heterocycles. The normalized spacial score (nSPS) is 12.2. The van der Waals surface area contributed by atoms with Crippen LogP contribution in [0.25, 0.3) is 21.8 Å². The average molecular weight is 493 g/mol. The van der Waals surface area contributed by atoms with Crippen LogP contribution in [0.15, 0.2) is 73.1 Å². The fourth-order valence-corrected chi connectivity index (χ4v) is 4.71. The number of unbranched alkanes of at least 4 members (excludes halogenated alkanes) is 1. The third-order valence-electron chi connectivity index (χ3n) is 6.64. The number of imidazole rings is 1. The maximum Gasteiger partial charge on any atom is 0.287 e. The highest BCUT2D eigenvalue weighted by molar-refractivity contribution is 5.94. The lowest BCUT2D eigenvalue weighted by molar-refractivity contribution is 0.0944. The lowest BCUT2D eigenvalue weighted by Gasteiger charge is -2.21. The Kier molecular flexibility index (Phi) is 7.51. The predicted molar refractivity (Wildman–Crippen MR) is 148 cm³/mol. The minimum atomic E-state index is -0.178. The molecule has 0 bridgehead atoms. The molecule has 1 amide bonds. The van der Waals surface area contributed by atoms with Gasteiger partial charge in [0.25, 0.3) is 5.91 Å². The first kappa shape index (κ1) is 24.6. The molecule has 1 unspecified atom stereocenters. The van der Waals surface area contributed by atoms with Crippen LogP contribution in [0.1, 0.15) is 52.0 Å². The molecule has 1 atom stereocenters. The molecule has 188 valence electrons. The summed E-state index contributed by atoms with van der Waals surface area (Å²) in [7, 11) is 0. The van der Waals surface area contributed by atoms with Gasteiger partial charge in [-0.25, -0.2) is 4.98 Å². The standard InChI is InChI=1S/C30H32N6O/c1-20-17-21(2)26(34-19-20)18-27(28-23-10-4-3-9-22(23)13-16-32-28)31-14-7-8-15-33-30(37)29-35-24-11-5-6-12-25(24)36-29/h3-6,9-13,16-17,19,27,31H,7-8,14-15,18H2,1-2H3,(H,33,37)(H,35,36). The summed E-state index contributed by atoms with van der Waals surface area (Å²) < 4.78 is 0. The Morgan fingerprint density at radius 3 is 2.65 bits per heavy atom.